The van der Waals surface area contributed by atoms with Crippen molar-refractivity contribution in [3.8, 4) is 0 Å². The Morgan fingerprint density at radius 2 is 1.89 bits per heavy atom. The van der Waals surface area contributed by atoms with Gasteiger partial charge in [-0.15, -0.1) is 0 Å². The number of fused-ring (bicyclic) bond motifs is 1. The summed E-state index contributed by atoms with van der Waals surface area (Å²) in [5, 5.41) is 3.50. The Morgan fingerprint density at radius 1 is 1.22 bits per heavy atom. The van der Waals surface area contributed by atoms with Crippen LogP contribution in [0, 0.1) is 11.8 Å². The van der Waals surface area contributed by atoms with Crippen LogP contribution in [0.25, 0.3) is 0 Å². The maximum Gasteiger partial charge on any atom is 0.0659 e. The fraction of sp³-hybridized carbons (Fsp3) is 0.600. The molecule has 0 spiro atoms. The fourth-order valence-electron chi connectivity index (χ4n) is 3.39. The second-order valence-corrected chi connectivity index (χ2v) is 5.51. The minimum absolute atomic E-state index is 0.418. The molecule has 0 radical (unpaired) electrons. The van der Waals surface area contributed by atoms with Crippen molar-refractivity contribution in [2.75, 3.05) is 39.9 Å². The highest BCUT2D eigenvalue weighted by Crippen LogP contribution is 2.33. The van der Waals surface area contributed by atoms with E-state index in [1.54, 1.807) is 7.11 Å². The fourth-order valence-corrected chi connectivity index (χ4v) is 3.39. The first-order valence-electron chi connectivity index (χ1n) is 6.87. The zero-order valence-electron chi connectivity index (χ0n) is 11.0. The van der Waals surface area contributed by atoms with E-state index >= 15 is 0 Å². The van der Waals surface area contributed by atoms with E-state index in [9.17, 15) is 0 Å². The largest absolute Gasteiger partial charge is 0.383 e. The summed E-state index contributed by atoms with van der Waals surface area (Å²) in [7, 11) is 1.80. The molecule has 1 N–H and O–H groups in total. The average Bonchev–Trinajstić information content (AvgIpc) is 2.97. The molecule has 2 aliphatic rings. The van der Waals surface area contributed by atoms with Gasteiger partial charge < -0.3 is 10.1 Å². The molecule has 0 amide bonds. The van der Waals surface area contributed by atoms with Gasteiger partial charge in [-0.3, -0.25) is 4.90 Å². The number of rotatable bonds is 4. The summed E-state index contributed by atoms with van der Waals surface area (Å²) in [6.45, 7) is 5.59. The molecule has 98 valence electrons. The minimum Gasteiger partial charge on any atom is -0.383 e. The molecular weight excluding hydrogens is 224 g/mol. The number of hydrogen-bond acceptors (Lipinski definition) is 3. The zero-order chi connectivity index (χ0) is 12.4. The van der Waals surface area contributed by atoms with Crippen LogP contribution in [-0.4, -0.2) is 44.8 Å². The Labute approximate surface area is 109 Å². The van der Waals surface area contributed by atoms with Crippen molar-refractivity contribution in [2.45, 2.75) is 6.04 Å². The molecule has 3 nitrogen and oxygen atoms in total. The van der Waals surface area contributed by atoms with Crippen LogP contribution in [0.2, 0.25) is 0 Å². The maximum atomic E-state index is 5.44. The van der Waals surface area contributed by atoms with Crippen LogP contribution in [-0.2, 0) is 4.74 Å². The van der Waals surface area contributed by atoms with Crippen LogP contribution < -0.4 is 5.32 Å². The Balaban J connectivity index is 1.74. The van der Waals surface area contributed by atoms with Crippen molar-refractivity contribution in [1.29, 1.82) is 0 Å². The molecule has 1 aromatic rings. The molecule has 0 aliphatic carbocycles. The highest BCUT2D eigenvalue weighted by molar-refractivity contribution is 5.19. The van der Waals surface area contributed by atoms with E-state index < -0.39 is 0 Å². The monoisotopic (exact) mass is 246 g/mol. The first-order valence-corrected chi connectivity index (χ1v) is 6.87. The normalized spacial score (nSPS) is 29.4. The van der Waals surface area contributed by atoms with Crippen LogP contribution in [0.5, 0.6) is 0 Å². The Bertz CT molecular complexity index is 369. The lowest BCUT2D eigenvalue weighted by Crippen LogP contribution is -2.32. The summed E-state index contributed by atoms with van der Waals surface area (Å²) in [4.78, 5) is 2.61. The molecule has 3 heteroatoms. The summed E-state index contributed by atoms with van der Waals surface area (Å²) >= 11 is 0. The number of methoxy groups -OCH3 is 1. The second-order valence-electron chi connectivity index (χ2n) is 5.51. The van der Waals surface area contributed by atoms with E-state index in [0.717, 1.165) is 18.4 Å². The van der Waals surface area contributed by atoms with Gasteiger partial charge in [0, 0.05) is 20.2 Å². The van der Waals surface area contributed by atoms with Gasteiger partial charge in [0.25, 0.3) is 0 Å². The Kier molecular flexibility index (Phi) is 3.64. The molecule has 1 aromatic carbocycles. The van der Waals surface area contributed by atoms with E-state index in [4.69, 9.17) is 4.74 Å². The summed E-state index contributed by atoms with van der Waals surface area (Å²) in [5.41, 5.74) is 1.38. The standard InChI is InChI=1S/C15H22N2O/c1-18-11-15(12-5-3-2-4-6-12)17-9-13-7-16-8-14(13)10-17/h2-6,13-16H,7-11H2,1H3/t13-,14+,15?. The Hall–Kier alpha value is -0.900. The third-order valence-corrected chi connectivity index (χ3v) is 4.37. The van der Waals surface area contributed by atoms with Crippen LogP contribution in [0.4, 0.5) is 0 Å². The molecule has 0 bridgehead atoms. The minimum atomic E-state index is 0.418. The molecule has 2 aliphatic heterocycles. The topological polar surface area (TPSA) is 24.5 Å². The predicted octanol–water partition coefficient (Wildman–Crippen LogP) is 1.53. The number of nitrogens with one attached hydrogen (secondary N) is 1. The predicted molar refractivity (Wildman–Crippen MR) is 72.5 cm³/mol. The van der Waals surface area contributed by atoms with Crippen LogP contribution in [0.1, 0.15) is 11.6 Å². The van der Waals surface area contributed by atoms with Crippen molar-refractivity contribution >= 4 is 0 Å². The lowest BCUT2D eigenvalue weighted by Gasteiger charge is -2.28. The zero-order valence-corrected chi connectivity index (χ0v) is 11.0. The molecule has 3 atom stereocenters. The third-order valence-electron chi connectivity index (χ3n) is 4.37. The number of hydrogen-bond donors (Lipinski definition) is 1. The molecule has 18 heavy (non-hydrogen) atoms. The number of likely N-dealkylation sites (tertiary alicyclic amines) is 1. The number of ether oxygens (including phenoxy) is 1. The van der Waals surface area contributed by atoms with Crippen molar-refractivity contribution in [3.05, 3.63) is 35.9 Å². The highest BCUT2D eigenvalue weighted by Gasteiger charge is 2.38. The first kappa shape index (κ1) is 12.2. The second kappa shape index (κ2) is 5.39. The van der Waals surface area contributed by atoms with E-state index in [-0.39, 0.29) is 0 Å². The lowest BCUT2D eigenvalue weighted by atomic mass is 10.0. The van der Waals surface area contributed by atoms with Gasteiger partial charge in [-0.2, -0.15) is 0 Å². The Morgan fingerprint density at radius 3 is 2.50 bits per heavy atom. The third kappa shape index (κ3) is 2.30. The molecule has 0 saturated carbocycles. The van der Waals surface area contributed by atoms with Gasteiger partial charge >= 0.3 is 0 Å². The highest BCUT2D eigenvalue weighted by atomic mass is 16.5. The van der Waals surface area contributed by atoms with Crippen molar-refractivity contribution in [1.82, 2.24) is 10.2 Å². The van der Waals surface area contributed by atoms with Gasteiger partial charge in [0.15, 0.2) is 0 Å². The van der Waals surface area contributed by atoms with Gasteiger partial charge in [0.2, 0.25) is 0 Å². The van der Waals surface area contributed by atoms with Crippen molar-refractivity contribution < 1.29 is 4.74 Å². The molecule has 1 unspecified atom stereocenters. The number of nitrogens with zero attached hydrogens (tertiary/aromatic N) is 1. The molecule has 2 saturated heterocycles. The van der Waals surface area contributed by atoms with Crippen LogP contribution in [0.15, 0.2) is 30.3 Å². The molecule has 2 heterocycles. The van der Waals surface area contributed by atoms with Gasteiger partial charge in [0.1, 0.15) is 0 Å². The average molecular weight is 246 g/mol. The first-order chi connectivity index (χ1) is 8.88. The van der Waals surface area contributed by atoms with Crippen molar-refractivity contribution in [3.63, 3.8) is 0 Å². The summed E-state index contributed by atoms with van der Waals surface area (Å²) < 4.78 is 5.44. The molecule has 0 aromatic heterocycles. The van der Waals surface area contributed by atoms with Crippen LogP contribution in [0.3, 0.4) is 0 Å². The summed E-state index contributed by atoms with van der Waals surface area (Å²) in [5.74, 6) is 1.68. The lowest BCUT2D eigenvalue weighted by molar-refractivity contribution is 0.100. The van der Waals surface area contributed by atoms with E-state index in [1.807, 2.05) is 0 Å². The molecular formula is C15H22N2O. The molecule has 3 rings (SSSR count). The van der Waals surface area contributed by atoms with E-state index in [0.29, 0.717) is 6.04 Å². The quantitative estimate of drug-likeness (QED) is 0.872. The van der Waals surface area contributed by atoms with E-state index in [1.165, 1.54) is 31.7 Å². The van der Waals surface area contributed by atoms with Gasteiger partial charge in [-0.25, -0.2) is 0 Å². The van der Waals surface area contributed by atoms with Gasteiger partial charge in [-0.05, 0) is 30.5 Å². The van der Waals surface area contributed by atoms with Crippen LogP contribution >= 0.6 is 0 Å². The van der Waals surface area contributed by atoms with Gasteiger partial charge in [-0.1, -0.05) is 30.3 Å². The van der Waals surface area contributed by atoms with Crippen molar-refractivity contribution in [2.24, 2.45) is 11.8 Å². The summed E-state index contributed by atoms with van der Waals surface area (Å²) in [6.07, 6.45) is 0. The molecule has 2 fully saturated rings. The number of benzene rings is 1. The summed E-state index contributed by atoms with van der Waals surface area (Å²) in [6, 6.07) is 11.2. The SMILES string of the molecule is COCC(c1ccccc1)N1C[C@H]2CNC[C@H]2C1. The van der Waals surface area contributed by atoms with Gasteiger partial charge in [0.05, 0.1) is 12.6 Å². The smallest absolute Gasteiger partial charge is 0.0659 e. The maximum absolute atomic E-state index is 5.44. The van der Waals surface area contributed by atoms with E-state index in [2.05, 4.69) is 40.5 Å².